The van der Waals surface area contributed by atoms with Gasteiger partial charge < -0.3 is 4.74 Å². The van der Waals surface area contributed by atoms with E-state index in [4.69, 9.17) is 4.74 Å². The first-order valence-corrected chi connectivity index (χ1v) is 8.49. The Balaban J connectivity index is 3.19. The molecule has 0 fully saturated rings. The van der Waals surface area contributed by atoms with Crippen molar-refractivity contribution in [1.29, 1.82) is 5.26 Å². The zero-order chi connectivity index (χ0) is 19.1. The minimum Gasteiger partial charge on any atom is -0.459 e. The lowest BCUT2D eigenvalue weighted by molar-refractivity contribution is -0.161. The molecule has 0 N–H and O–H groups in total. The molecule has 0 saturated carbocycles. The summed E-state index contributed by atoms with van der Waals surface area (Å²) in [5.74, 6) is -0.532. The Morgan fingerprint density at radius 1 is 1.20 bits per heavy atom. The average molecular weight is 341 g/mol. The highest BCUT2D eigenvalue weighted by molar-refractivity contribution is 5.92. The summed E-state index contributed by atoms with van der Waals surface area (Å²) in [6, 6.07) is 11.3. The molecule has 1 rings (SSSR count). The Kier molecular flexibility index (Phi) is 7.11. The molecule has 134 valence electrons. The van der Waals surface area contributed by atoms with E-state index in [-0.39, 0.29) is 18.1 Å². The Morgan fingerprint density at radius 2 is 1.80 bits per heavy atom. The first-order chi connectivity index (χ1) is 11.6. The van der Waals surface area contributed by atoms with Crippen molar-refractivity contribution in [2.45, 2.75) is 53.1 Å². The van der Waals surface area contributed by atoms with Gasteiger partial charge in [-0.25, -0.2) is 4.79 Å². The van der Waals surface area contributed by atoms with E-state index in [0.717, 1.165) is 5.56 Å². The summed E-state index contributed by atoms with van der Waals surface area (Å²) >= 11 is 0. The number of benzene rings is 1. The van der Waals surface area contributed by atoms with Gasteiger partial charge in [-0.15, -0.1) is 0 Å². The predicted molar refractivity (Wildman–Crippen MR) is 97.6 cm³/mol. The smallest absolute Gasteiger partial charge is 0.331 e. The molecule has 1 aromatic rings. The standard InChI is InChI=1S/C21H27NO3/c1-16(2)13-18(23)11-12-21(15-22,19(24)25-20(3,4)5)14-17-9-7-6-8-10-17/h6-12,16H,13-14H2,1-5H3/b12-11+/t21-/m0/s1. The van der Waals surface area contributed by atoms with E-state index in [1.807, 2.05) is 44.2 Å². The topological polar surface area (TPSA) is 67.2 Å². The van der Waals surface area contributed by atoms with Gasteiger partial charge >= 0.3 is 5.97 Å². The van der Waals surface area contributed by atoms with Crippen LogP contribution in [0.2, 0.25) is 0 Å². The van der Waals surface area contributed by atoms with Crippen molar-refractivity contribution in [2.75, 3.05) is 0 Å². The van der Waals surface area contributed by atoms with E-state index in [9.17, 15) is 14.9 Å². The molecular weight excluding hydrogens is 314 g/mol. The third kappa shape index (κ3) is 6.93. The first-order valence-electron chi connectivity index (χ1n) is 8.49. The Hall–Kier alpha value is -2.41. The van der Waals surface area contributed by atoms with Gasteiger partial charge in [0, 0.05) is 12.8 Å². The van der Waals surface area contributed by atoms with E-state index in [1.54, 1.807) is 20.8 Å². The fourth-order valence-corrected chi connectivity index (χ4v) is 2.31. The number of hydrogen-bond donors (Lipinski definition) is 0. The predicted octanol–water partition coefficient (Wildman–Crippen LogP) is 4.25. The maximum atomic E-state index is 12.7. The van der Waals surface area contributed by atoms with Gasteiger partial charge in [-0.3, -0.25) is 4.79 Å². The third-order valence-electron chi connectivity index (χ3n) is 3.45. The van der Waals surface area contributed by atoms with Gasteiger partial charge in [-0.2, -0.15) is 5.26 Å². The van der Waals surface area contributed by atoms with Crippen molar-refractivity contribution >= 4 is 11.8 Å². The molecule has 1 atom stereocenters. The normalized spacial score (nSPS) is 14.1. The van der Waals surface area contributed by atoms with E-state index in [0.29, 0.717) is 6.42 Å². The molecule has 0 unspecified atom stereocenters. The molecule has 25 heavy (non-hydrogen) atoms. The molecule has 0 saturated heterocycles. The average Bonchev–Trinajstić information content (AvgIpc) is 2.50. The Bertz CT molecular complexity index is 663. The summed E-state index contributed by atoms with van der Waals surface area (Å²) in [6.07, 6.45) is 3.28. The monoisotopic (exact) mass is 341 g/mol. The molecule has 0 heterocycles. The second-order valence-corrected chi connectivity index (χ2v) is 7.65. The zero-order valence-corrected chi connectivity index (χ0v) is 15.7. The molecule has 1 aromatic carbocycles. The number of rotatable bonds is 7. The van der Waals surface area contributed by atoms with Gasteiger partial charge in [0.25, 0.3) is 0 Å². The summed E-state index contributed by atoms with van der Waals surface area (Å²) in [6.45, 7) is 9.15. The van der Waals surface area contributed by atoms with Crippen molar-refractivity contribution < 1.29 is 14.3 Å². The number of hydrogen-bond acceptors (Lipinski definition) is 4. The fourth-order valence-electron chi connectivity index (χ4n) is 2.31. The summed E-state index contributed by atoms with van der Waals surface area (Å²) in [4.78, 5) is 24.8. The highest BCUT2D eigenvalue weighted by atomic mass is 16.6. The lowest BCUT2D eigenvalue weighted by Crippen LogP contribution is -2.37. The molecule has 0 aliphatic carbocycles. The van der Waals surface area contributed by atoms with E-state index in [2.05, 4.69) is 6.07 Å². The maximum Gasteiger partial charge on any atom is 0.331 e. The van der Waals surface area contributed by atoms with Crippen molar-refractivity contribution in [3.8, 4) is 6.07 Å². The molecule has 0 bridgehead atoms. The number of ether oxygens (including phenoxy) is 1. The third-order valence-corrected chi connectivity index (χ3v) is 3.45. The van der Waals surface area contributed by atoms with Crippen LogP contribution in [0.5, 0.6) is 0 Å². The molecular formula is C21H27NO3. The largest absolute Gasteiger partial charge is 0.459 e. The molecule has 0 spiro atoms. The number of nitrogens with zero attached hydrogens (tertiary/aromatic N) is 1. The Labute approximate surface area is 150 Å². The van der Waals surface area contributed by atoms with Crippen LogP contribution in [0.4, 0.5) is 0 Å². The van der Waals surface area contributed by atoms with Crippen molar-refractivity contribution in [1.82, 2.24) is 0 Å². The lowest BCUT2D eigenvalue weighted by Gasteiger charge is -2.27. The first kappa shape index (κ1) is 20.6. The van der Waals surface area contributed by atoms with Crippen LogP contribution < -0.4 is 0 Å². The summed E-state index contributed by atoms with van der Waals surface area (Å²) in [7, 11) is 0. The van der Waals surface area contributed by atoms with Gasteiger partial charge in [-0.1, -0.05) is 44.2 Å². The van der Waals surface area contributed by atoms with Crippen molar-refractivity contribution in [3.05, 3.63) is 48.0 Å². The quantitative estimate of drug-likeness (QED) is 0.549. The highest BCUT2D eigenvalue weighted by Crippen LogP contribution is 2.29. The summed E-state index contributed by atoms with van der Waals surface area (Å²) in [5.41, 5.74) is -1.41. The molecule has 0 aromatic heterocycles. The molecule has 0 radical (unpaired) electrons. The lowest BCUT2D eigenvalue weighted by atomic mass is 9.82. The van der Waals surface area contributed by atoms with E-state index < -0.39 is 17.0 Å². The maximum absolute atomic E-state index is 12.7. The van der Waals surface area contributed by atoms with E-state index in [1.165, 1.54) is 12.2 Å². The van der Waals surface area contributed by atoms with Gasteiger partial charge in [0.05, 0.1) is 6.07 Å². The van der Waals surface area contributed by atoms with Crippen molar-refractivity contribution in [3.63, 3.8) is 0 Å². The van der Waals surface area contributed by atoms with Crippen molar-refractivity contribution in [2.24, 2.45) is 11.3 Å². The summed E-state index contributed by atoms with van der Waals surface area (Å²) in [5, 5.41) is 9.79. The molecule has 0 amide bonds. The number of ketones is 1. The van der Waals surface area contributed by atoms with Crippen LogP contribution >= 0.6 is 0 Å². The number of esters is 1. The van der Waals surface area contributed by atoms with Crippen LogP contribution in [-0.4, -0.2) is 17.4 Å². The second-order valence-electron chi connectivity index (χ2n) is 7.65. The number of carbonyl (C=O) groups is 2. The number of allylic oxidation sites excluding steroid dienone is 1. The molecule has 4 heteroatoms. The second kappa shape index (κ2) is 8.62. The van der Waals surface area contributed by atoms with Gasteiger partial charge in [0.15, 0.2) is 11.2 Å². The molecule has 4 nitrogen and oxygen atoms in total. The summed E-state index contributed by atoms with van der Waals surface area (Å²) < 4.78 is 5.46. The van der Waals surface area contributed by atoms with Crippen LogP contribution in [0.1, 0.15) is 46.6 Å². The van der Waals surface area contributed by atoms with Gasteiger partial charge in [0.1, 0.15) is 5.60 Å². The molecule has 0 aliphatic rings. The Morgan fingerprint density at radius 3 is 2.28 bits per heavy atom. The number of nitriles is 1. The van der Waals surface area contributed by atoms with Crippen LogP contribution in [0, 0.1) is 22.7 Å². The van der Waals surface area contributed by atoms with Crippen LogP contribution in [0.3, 0.4) is 0 Å². The minimum absolute atomic E-state index is 0.105. The van der Waals surface area contributed by atoms with Crippen LogP contribution in [-0.2, 0) is 20.7 Å². The van der Waals surface area contributed by atoms with Gasteiger partial charge in [-0.05, 0) is 44.4 Å². The SMILES string of the molecule is CC(C)CC(=O)/C=C/[C@@](C#N)(Cc1ccccc1)C(=O)OC(C)(C)C. The zero-order valence-electron chi connectivity index (χ0n) is 15.7. The molecule has 0 aliphatic heterocycles. The van der Waals surface area contributed by atoms with Gasteiger partial charge in [0.2, 0.25) is 0 Å². The number of carbonyl (C=O) groups excluding carboxylic acids is 2. The van der Waals surface area contributed by atoms with Crippen LogP contribution in [0.25, 0.3) is 0 Å². The van der Waals surface area contributed by atoms with E-state index >= 15 is 0 Å². The fraction of sp³-hybridized carbons (Fsp3) is 0.476. The van der Waals surface area contributed by atoms with Crippen LogP contribution in [0.15, 0.2) is 42.5 Å². The minimum atomic E-state index is -1.53. The highest BCUT2D eigenvalue weighted by Gasteiger charge is 2.40.